The minimum absolute atomic E-state index is 0.0423. The molecule has 0 saturated carbocycles. The van der Waals surface area contributed by atoms with E-state index in [0.29, 0.717) is 18.1 Å². The van der Waals surface area contributed by atoms with Crippen LogP contribution >= 0.6 is 0 Å². The number of esters is 2. The molecule has 0 saturated heterocycles. The lowest BCUT2D eigenvalue weighted by Crippen LogP contribution is -2.12. The second-order valence-electron chi connectivity index (χ2n) is 5.84. The van der Waals surface area contributed by atoms with E-state index >= 15 is 0 Å². The molecule has 1 aromatic heterocycles. The minimum Gasteiger partial charge on any atom is -0.490 e. The highest BCUT2D eigenvalue weighted by Crippen LogP contribution is 2.20. The van der Waals surface area contributed by atoms with Crippen molar-refractivity contribution < 1.29 is 33.0 Å². The van der Waals surface area contributed by atoms with Crippen LogP contribution in [-0.4, -0.2) is 32.3 Å². The van der Waals surface area contributed by atoms with Gasteiger partial charge in [0.1, 0.15) is 42.6 Å². The van der Waals surface area contributed by atoms with Crippen LogP contribution in [-0.2, 0) is 16.1 Å². The molecular formula is C22H20O7. The van der Waals surface area contributed by atoms with Gasteiger partial charge in [0.2, 0.25) is 5.76 Å². The Hall–Kier alpha value is -3.74. The first-order valence-corrected chi connectivity index (χ1v) is 8.91. The Morgan fingerprint density at radius 3 is 2.34 bits per heavy atom. The quantitative estimate of drug-likeness (QED) is 0.401. The maximum Gasteiger partial charge on any atom is 0.373 e. The number of furan rings is 1. The molecule has 29 heavy (non-hydrogen) atoms. The normalized spacial score (nSPS) is 10.2. The van der Waals surface area contributed by atoms with E-state index in [1.165, 1.54) is 13.2 Å². The highest BCUT2D eigenvalue weighted by atomic mass is 16.6. The Morgan fingerprint density at radius 2 is 1.55 bits per heavy atom. The van der Waals surface area contributed by atoms with Crippen molar-refractivity contribution in [1.29, 1.82) is 0 Å². The van der Waals surface area contributed by atoms with Gasteiger partial charge in [0.15, 0.2) is 0 Å². The number of ether oxygens (including phenoxy) is 4. The predicted molar refractivity (Wildman–Crippen MR) is 103 cm³/mol. The van der Waals surface area contributed by atoms with E-state index in [1.54, 1.807) is 30.3 Å². The summed E-state index contributed by atoms with van der Waals surface area (Å²) in [6, 6.07) is 19.1. The summed E-state index contributed by atoms with van der Waals surface area (Å²) in [5.74, 6) is 0.339. The van der Waals surface area contributed by atoms with Crippen molar-refractivity contribution in [3.05, 3.63) is 83.8 Å². The van der Waals surface area contributed by atoms with Gasteiger partial charge >= 0.3 is 11.9 Å². The molecule has 2 aromatic carbocycles. The molecule has 0 fully saturated rings. The highest BCUT2D eigenvalue weighted by Gasteiger charge is 2.16. The second kappa shape index (κ2) is 9.98. The third-order valence-electron chi connectivity index (χ3n) is 3.85. The zero-order valence-corrected chi connectivity index (χ0v) is 15.8. The van der Waals surface area contributed by atoms with Crippen molar-refractivity contribution in [2.24, 2.45) is 0 Å². The Bertz CT molecular complexity index is 947. The van der Waals surface area contributed by atoms with Crippen LogP contribution in [0.15, 0.2) is 71.1 Å². The van der Waals surface area contributed by atoms with Crippen molar-refractivity contribution >= 4 is 11.9 Å². The number of hydrogen-bond acceptors (Lipinski definition) is 7. The molecule has 0 spiro atoms. The lowest BCUT2D eigenvalue weighted by molar-refractivity contribution is 0.0433. The summed E-state index contributed by atoms with van der Waals surface area (Å²) in [6.07, 6.45) is 0. The monoisotopic (exact) mass is 396 g/mol. The van der Waals surface area contributed by atoms with Crippen LogP contribution in [0.25, 0.3) is 0 Å². The maximum atomic E-state index is 12.4. The molecule has 150 valence electrons. The topological polar surface area (TPSA) is 84.2 Å². The fourth-order valence-corrected chi connectivity index (χ4v) is 2.47. The summed E-state index contributed by atoms with van der Waals surface area (Å²) in [5.41, 5.74) is 0.284. The van der Waals surface area contributed by atoms with Gasteiger partial charge in [-0.2, -0.15) is 0 Å². The number of benzene rings is 2. The van der Waals surface area contributed by atoms with Crippen LogP contribution < -0.4 is 9.47 Å². The van der Waals surface area contributed by atoms with Gasteiger partial charge in [0.25, 0.3) is 0 Å². The van der Waals surface area contributed by atoms with E-state index < -0.39 is 11.9 Å². The van der Waals surface area contributed by atoms with Gasteiger partial charge in [-0.3, -0.25) is 0 Å². The van der Waals surface area contributed by atoms with Crippen molar-refractivity contribution in [3.63, 3.8) is 0 Å². The molecule has 0 aliphatic heterocycles. The number of para-hydroxylation sites is 2. The molecule has 0 atom stereocenters. The molecule has 0 aliphatic carbocycles. The van der Waals surface area contributed by atoms with E-state index in [1.807, 2.05) is 30.3 Å². The van der Waals surface area contributed by atoms with Gasteiger partial charge in [-0.25, -0.2) is 9.59 Å². The van der Waals surface area contributed by atoms with Crippen molar-refractivity contribution in [3.8, 4) is 11.5 Å². The lowest BCUT2D eigenvalue weighted by Gasteiger charge is -2.11. The third kappa shape index (κ3) is 5.62. The van der Waals surface area contributed by atoms with Crippen LogP contribution in [0, 0.1) is 0 Å². The highest BCUT2D eigenvalue weighted by molar-refractivity contribution is 5.92. The van der Waals surface area contributed by atoms with E-state index in [-0.39, 0.29) is 24.5 Å². The fourth-order valence-electron chi connectivity index (χ4n) is 2.47. The molecule has 0 radical (unpaired) electrons. The summed E-state index contributed by atoms with van der Waals surface area (Å²) in [6.45, 7) is 0.469. The van der Waals surface area contributed by atoms with Crippen LogP contribution in [0.5, 0.6) is 11.5 Å². The summed E-state index contributed by atoms with van der Waals surface area (Å²) in [5, 5.41) is 0. The van der Waals surface area contributed by atoms with E-state index in [9.17, 15) is 9.59 Å². The van der Waals surface area contributed by atoms with Gasteiger partial charge in [-0.1, -0.05) is 30.3 Å². The Morgan fingerprint density at radius 1 is 0.828 bits per heavy atom. The molecule has 0 bridgehead atoms. The first-order valence-electron chi connectivity index (χ1n) is 8.91. The Kier molecular flexibility index (Phi) is 6.89. The average Bonchev–Trinajstić information content (AvgIpc) is 3.24. The number of hydrogen-bond donors (Lipinski definition) is 0. The van der Waals surface area contributed by atoms with Gasteiger partial charge in [-0.05, 0) is 36.4 Å². The van der Waals surface area contributed by atoms with Crippen LogP contribution in [0.3, 0.4) is 0 Å². The zero-order valence-electron chi connectivity index (χ0n) is 15.8. The largest absolute Gasteiger partial charge is 0.490 e. The van der Waals surface area contributed by atoms with E-state index in [0.717, 1.165) is 5.75 Å². The van der Waals surface area contributed by atoms with Crippen LogP contribution in [0.1, 0.15) is 26.7 Å². The Labute approximate surface area is 167 Å². The predicted octanol–water partition coefficient (Wildman–Crippen LogP) is 3.88. The zero-order chi connectivity index (χ0) is 20.5. The first kappa shape index (κ1) is 20.0. The van der Waals surface area contributed by atoms with Gasteiger partial charge in [0.05, 0.1) is 7.11 Å². The van der Waals surface area contributed by atoms with Gasteiger partial charge < -0.3 is 23.4 Å². The van der Waals surface area contributed by atoms with Crippen molar-refractivity contribution in [2.45, 2.75) is 6.61 Å². The average molecular weight is 396 g/mol. The maximum absolute atomic E-state index is 12.4. The molecule has 7 heteroatoms. The molecule has 0 aliphatic rings. The SMILES string of the molecule is COC(=O)c1ccc(COC(=O)c2ccccc2OCCOc2ccccc2)o1. The van der Waals surface area contributed by atoms with Gasteiger partial charge in [-0.15, -0.1) is 0 Å². The summed E-state index contributed by atoms with van der Waals surface area (Å²) in [4.78, 5) is 23.8. The van der Waals surface area contributed by atoms with Crippen LogP contribution in [0.2, 0.25) is 0 Å². The minimum atomic E-state index is -0.598. The molecule has 1 heterocycles. The third-order valence-corrected chi connectivity index (χ3v) is 3.85. The second-order valence-corrected chi connectivity index (χ2v) is 5.84. The fraction of sp³-hybridized carbons (Fsp3) is 0.182. The van der Waals surface area contributed by atoms with Gasteiger partial charge in [0, 0.05) is 0 Å². The van der Waals surface area contributed by atoms with Crippen molar-refractivity contribution in [2.75, 3.05) is 20.3 Å². The number of carbonyl (C=O) groups excluding carboxylic acids is 2. The number of methoxy groups -OCH3 is 1. The van der Waals surface area contributed by atoms with E-state index in [4.69, 9.17) is 18.6 Å². The summed E-state index contributed by atoms with van der Waals surface area (Å²) >= 11 is 0. The van der Waals surface area contributed by atoms with E-state index in [2.05, 4.69) is 4.74 Å². The molecule has 7 nitrogen and oxygen atoms in total. The smallest absolute Gasteiger partial charge is 0.373 e. The standard InChI is InChI=1S/C22H20O7/c1-25-22(24)20-12-11-17(29-20)15-28-21(23)18-9-5-6-10-19(18)27-14-13-26-16-7-3-2-4-8-16/h2-12H,13-15H2,1H3. The first-order chi connectivity index (χ1) is 14.2. The molecule has 3 aromatic rings. The lowest BCUT2D eigenvalue weighted by atomic mass is 10.2. The number of rotatable bonds is 9. The summed E-state index contributed by atoms with van der Waals surface area (Å²) < 4.78 is 26.3. The molecule has 0 N–H and O–H groups in total. The van der Waals surface area contributed by atoms with Crippen LogP contribution in [0.4, 0.5) is 0 Å². The molecular weight excluding hydrogens is 376 g/mol. The number of carbonyl (C=O) groups is 2. The molecule has 0 amide bonds. The Balaban J connectivity index is 1.52. The molecule has 3 rings (SSSR count). The van der Waals surface area contributed by atoms with Crippen molar-refractivity contribution in [1.82, 2.24) is 0 Å². The molecule has 0 unspecified atom stereocenters. The summed E-state index contributed by atoms with van der Waals surface area (Å²) in [7, 11) is 1.26.